The SMILES string of the molecule is COc1cccc(C2CCCN2C(=O)Nc2ccc3ccccc3c2)c1. The van der Waals surface area contributed by atoms with E-state index < -0.39 is 0 Å². The average molecular weight is 346 g/mol. The molecule has 1 atom stereocenters. The van der Waals surface area contributed by atoms with Crippen LogP contribution in [0.15, 0.2) is 66.7 Å². The van der Waals surface area contributed by atoms with Crippen molar-refractivity contribution in [3.8, 4) is 5.75 Å². The zero-order chi connectivity index (χ0) is 17.9. The van der Waals surface area contributed by atoms with Gasteiger partial charge in [0.2, 0.25) is 0 Å². The van der Waals surface area contributed by atoms with Crippen LogP contribution in [0, 0.1) is 0 Å². The lowest BCUT2D eigenvalue weighted by Gasteiger charge is -2.25. The van der Waals surface area contributed by atoms with E-state index in [1.165, 1.54) is 5.39 Å². The van der Waals surface area contributed by atoms with E-state index in [1.54, 1.807) is 7.11 Å². The van der Waals surface area contributed by atoms with Gasteiger partial charge in [0, 0.05) is 12.2 Å². The number of benzene rings is 3. The summed E-state index contributed by atoms with van der Waals surface area (Å²) in [6.45, 7) is 0.765. The molecule has 3 aromatic rings. The lowest BCUT2D eigenvalue weighted by atomic mass is 10.0. The smallest absolute Gasteiger partial charge is 0.322 e. The minimum Gasteiger partial charge on any atom is -0.497 e. The van der Waals surface area contributed by atoms with Gasteiger partial charge in [0.15, 0.2) is 0 Å². The van der Waals surface area contributed by atoms with Gasteiger partial charge in [-0.3, -0.25) is 0 Å². The Morgan fingerprint density at radius 1 is 1.04 bits per heavy atom. The van der Waals surface area contributed by atoms with Gasteiger partial charge < -0.3 is 15.0 Å². The molecule has 1 aliphatic rings. The number of nitrogens with zero attached hydrogens (tertiary/aromatic N) is 1. The van der Waals surface area contributed by atoms with Gasteiger partial charge in [-0.2, -0.15) is 0 Å². The van der Waals surface area contributed by atoms with E-state index in [0.717, 1.165) is 41.8 Å². The fraction of sp³-hybridized carbons (Fsp3) is 0.227. The summed E-state index contributed by atoms with van der Waals surface area (Å²) in [7, 11) is 1.66. The molecule has 4 rings (SSSR count). The van der Waals surface area contributed by atoms with E-state index >= 15 is 0 Å². The van der Waals surface area contributed by atoms with Crippen molar-refractivity contribution in [1.82, 2.24) is 4.90 Å². The van der Waals surface area contributed by atoms with Crippen molar-refractivity contribution in [2.75, 3.05) is 19.0 Å². The van der Waals surface area contributed by atoms with Crippen molar-refractivity contribution in [2.24, 2.45) is 0 Å². The first kappa shape index (κ1) is 16.5. The molecular weight excluding hydrogens is 324 g/mol. The van der Waals surface area contributed by atoms with Crippen LogP contribution in [0.25, 0.3) is 10.8 Å². The number of likely N-dealkylation sites (tertiary alicyclic amines) is 1. The molecule has 1 saturated heterocycles. The molecule has 4 nitrogen and oxygen atoms in total. The highest BCUT2D eigenvalue weighted by Crippen LogP contribution is 2.34. The van der Waals surface area contributed by atoms with Crippen LogP contribution in [-0.4, -0.2) is 24.6 Å². The molecule has 0 saturated carbocycles. The molecule has 3 aromatic carbocycles. The number of anilines is 1. The van der Waals surface area contributed by atoms with E-state index in [4.69, 9.17) is 4.74 Å². The Bertz CT molecular complexity index is 938. The Kier molecular flexibility index (Phi) is 4.48. The van der Waals surface area contributed by atoms with E-state index in [0.29, 0.717) is 0 Å². The third-order valence-electron chi connectivity index (χ3n) is 4.99. The second kappa shape index (κ2) is 7.08. The van der Waals surface area contributed by atoms with Crippen molar-refractivity contribution in [3.05, 3.63) is 72.3 Å². The van der Waals surface area contributed by atoms with Crippen LogP contribution in [0.4, 0.5) is 10.5 Å². The van der Waals surface area contributed by atoms with E-state index in [2.05, 4.69) is 23.5 Å². The molecule has 26 heavy (non-hydrogen) atoms. The molecular formula is C22H22N2O2. The number of ether oxygens (including phenoxy) is 1. The van der Waals surface area contributed by atoms with Crippen molar-refractivity contribution in [2.45, 2.75) is 18.9 Å². The summed E-state index contributed by atoms with van der Waals surface area (Å²) in [5.41, 5.74) is 1.94. The summed E-state index contributed by atoms with van der Waals surface area (Å²) in [6.07, 6.45) is 1.98. The van der Waals surface area contributed by atoms with E-state index in [9.17, 15) is 4.79 Å². The summed E-state index contributed by atoms with van der Waals surface area (Å²) in [6, 6.07) is 22.2. The van der Waals surface area contributed by atoms with Gasteiger partial charge >= 0.3 is 6.03 Å². The predicted molar refractivity (Wildman–Crippen MR) is 105 cm³/mol. The zero-order valence-electron chi connectivity index (χ0n) is 14.8. The first-order valence-corrected chi connectivity index (χ1v) is 8.95. The van der Waals surface area contributed by atoms with Crippen molar-refractivity contribution < 1.29 is 9.53 Å². The topological polar surface area (TPSA) is 41.6 Å². The summed E-state index contributed by atoms with van der Waals surface area (Å²) < 4.78 is 5.33. The minimum absolute atomic E-state index is 0.0504. The maximum atomic E-state index is 12.9. The summed E-state index contributed by atoms with van der Waals surface area (Å²) in [5, 5.41) is 5.35. The highest BCUT2D eigenvalue weighted by Gasteiger charge is 2.30. The number of hydrogen-bond donors (Lipinski definition) is 1. The normalized spacial score (nSPS) is 16.7. The molecule has 1 N–H and O–H groups in total. The Hall–Kier alpha value is -3.01. The molecule has 1 heterocycles. The molecule has 4 heteroatoms. The number of fused-ring (bicyclic) bond motifs is 1. The number of hydrogen-bond acceptors (Lipinski definition) is 2. The van der Waals surface area contributed by atoms with Gasteiger partial charge in [0.1, 0.15) is 5.75 Å². The van der Waals surface area contributed by atoms with Gasteiger partial charge in [0.05, 0.1) is 13.2 Å². The molecule has 132 valence electrons. The van der Waals surface area contributed by atoms with Gasteiger partial charge in [-0.05, 0) is 53.4 Å². The van der Waals surface area contributed by atoms with Crippen LogP contribution in [0.3, 0.4) is 0 Å². The van der Waals surface area contributed by atoms with Crippen LogP contribution >= 0.6 is 0 Å². The highest BCUT2D eigenvalue weighted by atomic mass is 16.5. The summed E-state index contributed by atoms with van der Waals surface area (Å²) >= 11 is 0. The molecule has 0 radical (unpaired) electrons. The number of urea groups is 1. The molecule has 0 bridgehead atoms. The number of carbonyl (C=O) groups is 1. The summed E-state index contributed by atoms with van der Waals surface area (Å²) in [5.74, 6) is 0.823. The fourth-order valence-corrected chi connectivity index (χ4v) is 3.67. The number of rotatable bonds is 3. The van der Waals surface area contributed by atoms with Crippen LogP contribution in [-0.2, 0) is 0 Å². The Labute approximate surface area is 153 Å². The molecule has 2 amide bonds. The average Bonchev–Trinajstić information content (AvgIpc) is 3.18. The van der Waals surface area contributed by atoms with Crippen LogP contribution in [0.1, 0.15) is 24.4 Å². The summed E-state index contributed by atoms with van der Waals surface area (Å²) in [4.78, 5) is 14.8. The van der Waals surface area contributed by atoms with Gasteiger partial charge in [-0.25, -0.2) is 4.79 Å². The quantitative estimate of drug-likeness (QED) is 0.706. The Morgan fingerprint density at radius 2 is 1.88 bits per heavy atom. The lowest BCUT2D eigenvalue weighted by Crippen LogP contribution is -2.34. The monoisotopic (exact) mass is 346 g/mol. The molecule has 1 unspecified atom stereocenters. The highest BCUT2D eigenvalue weighted by molar-refractivity contribution is 5.93. The van der Waals surface area contributed by atoms with E-state index in [-0.39, 0.29) is 12.1 Å². The number of methoxy groups -OCH3 is 1. The second-order valence-corrected chi connectivity index (χ2v) is 6.62. The minimum atomic E-state index is -0.0504. The predicted octanol–water partition coefficient (Wildman–Crippen LogP) is 5.22. The Balaban J connectivity index is 1.54. The van der Waals surface area contributed by atoms with Crippen molar-refractivity contribution in [3.63, 3.8) is 0 Å². The molecule has 0 aromatic heterocycles. The first-order chi connectivity index (χ1) is 12.7. The number of nitrogens with one attached hydrogen (secondary N) is 1. The molecule has 0 aliphatic carbocycles. The van der Waals surface area contributed by atoms with Gasteiger partial charge in [-0.1, -0.05) is 42.5 Å². The number of carbonyl (C=O) groups excluding carboxylic acids is 1. The largest absolute Gasteiger partial charge is 0.497 e. The van der Waals surface area contributed by atoms with Gasteiger partial charge in [0.25, 0.3) is 0 Å². The molecule has 1 aliphatic heterocycles. The van der Waals surface area contributed by atoms with Gasteiger partial charge in [-0.15, -0.1) is 0 Å². The third-order valence-corrected chi connectivity index (χ3v) is 4.99. The third kappa shape index (κ3) is 3.23. The van der Waals surface area contributed by atoms with Crippen LogP contribution < -0.4 is 10.1 Å². The van der Waals surface area contributed by atoms with Crippen molar-refractivity contribution in [1.29, 1.82) is 0 Å². The first-order valence-electron chi connectivity index (χ1n) is 8.95. The molecule has 0 spiro atoms. The second-order valence-electron chi connectivity index (χ2n) is 6.62. The maximum Gasteiger partial charge on any atom is 0.322 e. The lowest BCUT2D eigenvalue weighted by molar-refractivity contribution is 0.207. The zero-order valence-corrected chi connectivity index (χ0v) is 14.8. The van der Waals surface area contributed by atoms with Crippen LogP contribution in [0.2, 0.25) is 0 Å². The fourth-order valence-electron chi connectivity index (χ4n) is 3.67. The maximum absolute atomic E-state index is 12.9. The Morgan fingerprint density at radius 3 is 2.73 bits per heavy atom. The molecule has 1 fully saturated rings. The van der Waals surface area contributed by atoms with Crippen LogP contribution in [0.5, 0.6) is 5.75 Å². The van der Waals surface area contributed by atoms with Crippen molar-refractivity contribution >= 4 is 22.5 Å². The number of amides is 2. The standard InChI is InChI=1S/C22H22N2O2/c1-26-20-9-4-8-18(15-20)21-10-5-13-24(21)22(25)23-19-12-11-16-6-2-3-7-17(16)14-19/h2-4,6-9,11-12,14-15,21H,5,10,13H2,1H3,(H,23,25). The van der Waals surface area contributed by atoms with E-state index in [1.807, 2.05) is 53.4 Å².